The third-order valence-electron chi connectivity index (χ3n) is 3.66. The molecule has 0 aliphatic heterocycles. The summed E-state index contributed by atoms with van der Waals surface area (Å²) in [6.45, 7) is 7.11. The first-order valence-electron chi connectivity index (χ1n) is 5.36. The number of hydrogen-bond donors (Lipinski definition) is 0. The lowest BCUT2D eigenvalue weighted by Gasteiger charge is -2.40. The SMILES string of the molecule is CC(C)(C)C1C=CCC12CC=CC2. The van der Waals surface area contributed by atoms with Crippen LogP contribution in [0.5, 0.6) is 0 Å². The molecule has 1 spiro atoms. The minimum atomic E-state index is 0.430. The van der Waals surface area contributed by atoms with Crippen molar-refractivity contribution in [3.8, 4) is 0 Å². The van der Waals surface area contributed by atoms with Gasteiger partial charge in [-0.05, 0) is 36.0 Å². The molecule has 1 unspecified atom stereocenters. The van der Waals surface area contributed by atoms with Crippen molar-refractivity contribution in [3.63, 3.8) is 0 Å². The summed E-state index contributed by atoms with van der Waals surface area (Å²) in [5.74, 6) is 0.773. The van der Waals surface area contributed by atoms with Crippen molar-refractivity contribution in [1.29, 1.82) is 0 Å². The van der Waals surface area contributed by atoms with Crippen molar-refractivity contribution in [1.82, 2.24) is 0 Å². The lowest BCUT2D eigenvalue weighted by molar-refractivity contribution is 0.123. The van der Waals surface area contributed by atoms with Crippen LogP contribution in [0.4, 0.5) is 0 Å². The molecular weight excluding hydrogens is 156 g/mol. The average molecular weight is 176 g/mol. The topological polar surface area (TPSA) is 0 Å². The highest BCUT2D eigenvalue weighted by molar-refractivity contribution is 5.18. The van der Waals surface area contributed by atoms with Gasteiger partial charge in [0.25, 0.3) is 0 Å². The molecule has 2 rings (SSSR count). The van der Waals surface area contributed by atoms with Gasteiger partial charge >= 0.3 is 0 Å². The molecule has 0 radical (unpaired) electrons. The molecule has 0 saturated heterocycles. The molecule has 0 heterocycles. The van der Waals surface area contributed by atoms with E-state index in [0.29, 0.717) is 10.8 Å². The lowest BCUT2D eigenvalue weighted by Crippen LogP contribution is -2.32. The molecule has 0 saturated carbocycles. The molecule has 1 atom stereocenters. The van der Waals surface area contributed by atoms with Crippen molar-refractivity contribution in [3.05, 3.63) is 24.3 Å². The van der Waals surface area contributed by atoms with Gasteiger partial charge in [0.2, 0.25) is 0 Å². The maximum absolute atomic E-state index is 2.45. The highest BCUT2D eigenvalue weighted by Gasteiger charge is 2.45. The fraction of sp³-hybridized carbons (Fsp3) is 0.692. The normalized spacial score (nSPS) is 30.5. The largest absolute Gasteiger partial charge is 0.0879 e. The Morgan fingerprint density at radius 1 is 1.00 bits per heavy atom. The first-order chi connectivity index (χ1) is 6.05. The zero-order valence-electron chi connectivity index (χ0n) is 9.01. The maximum Gasteiger partial charge on any atom is -0.0119 e. The molecule has 0 aromatic rings. The predicted molar refractivity (Wildman–Crippen MR) is 57.5 cm³/mol. The van der Waals surface area contributed by atoms with Gasteiger partial charge in [-0.15, -0.1) is 0 Å². The molecule has 0 bridgehead atoms. The van der Waals surface area contributed by atoms with Crippen LogP contribution in [0, 0.1) is 16.7 Å². The van der Waals surface area contributed by atoms with E-state index in [1.807, 2.05) is 0 Å². The summed E-state index contributed by atoms with van der Waals surface area (Å²) in [7, 11) is 0. The van der Waals surface area contributed by atoms with Crippen LogP contribution in [0.2, 0.25) is 0 Å². The predicted octanol–water partition coefficient (Wildman–Crippen LogP) is 3.95. The van der Waals surface area contributed by atoms with Crippen LogP contribution in [-0.4, -0.2) is 0 Å². The summed E-state index contributed by atoms with van der Waals surface area (Å²) < 4.78 is 0. The van der Waals surface area contributed by atoms with Crippen LogP contribution in [0.1, 0.15) is 40.0 Å². The fourth-order valence-electron chi connectivity index (χ4n) is 3.12. The van der Waals surface area contributed by atoms with Crippen molar-refractivity contribution in [2.24, 2.45) is 16.7 Å². The molecule has 0 fully saturated rings. The summed E-state index contributed by atoms with van der Waals surface area (Å²) in [4.78, 5) is 0. The van der Waals surface area contributed by atoms with Crippen LogP contribution in [0.25, 0.3) is 0 Å². The van der Waals surface area contributed by atoms with Gasteiger partial charge in [-0.3, -0.25) is 0 Å². The van der Waals surface area contributed by atoms with Gasteiger partial charge in [-0.25, -0.2) is 0 Å². The van der Waals surface area contributed by atoms with E-state index in [-0.39, 0.29) is 0 Å². The molecule has 2 aliphatic carbocycles. The monoisotopic (exact) mass is 176 g/mol. The molecule has 0 N–H and O–H groups in total. The Morgan fingerprint density at radius 2 is 1.54 bits per heavy atom. The Bertz CT molecular complexity index is 236. The third kappa shape index (κ3) is 1.37. The molecule has 0 aromatic heterocycles. The van der Waals surface area contributed by atoms with Crippen molar-refractivity contribution < 1.29 is 0 Å². The van der Waals surface area contributed by atoms with Crippen molar-refractivity contribution in [2.75, 3.05) is 0 Å². The van der Waals surface area contributed by atoms with Crippen LogP contribution in [-0.2, 0) is 0 Å². The Labute approximate surface area is 81.7 Å². The highest BCUT2D eigenvalue weighted by atomic mass is 14.5. The molecule has 72 valence electrons. The van der Waals surface area contributed by atoms with E-state index < -0.39 is 0 Å². The minimum Gasteiger partial charge on any atom is -0.0879 e. The van der Waals surface area contributed by atoms with E-state index in [2.05, 4.69) is 45.1 Å². The Morgan fingerprint density at radius 3 is 2.08 bits per heavy atom. The van der Waals surface area contributed by atoms with Crippen LogP contribution >= 0.6 is 0 Å². The standard InChI is InChI=1S/C13H20/c1-12(2,3)11-7-6-10-13(11)8-4-5-9-13/h4-7,11H,8-10H2,1-3H3. The quantitative estimate of drug-likeness (QED) is 0.490. The zero-order valence-corrected chi connectivity index (χ0v) is 9.01. The Balaban J connectivity index is 2.23. The van der Waals surface area contributed by atoms with E-state index in [0.717, 1.165) is 5.92 Å². The van der Waals surface area contributed by atoms with Gasteiger partial charge in [-0.1, -0.05) is 45.1 Å². The smallest absolute Gasteiger partial charge is 0.0119 e. The fourth-order valence-corrected chi connectivity index (χ4v) is 3.12. The van der Waals surface area contributed by atoms with E-state index in [1.165, 1.54) is 19.3 Å². The van der Waals surface area contributed by atoms with Crippen molar-refractivity contribution in [2.45, 2.75) is 40.0 Å². The third-order valence-corrected chi connectivity index (χ3v) is 3.66. The summed E-state index contributed by atoms with van der Waals surface area (Å²) in [5, 5.41) is 0. The molecule has 0 nitrogen and oxygen atoms in total. The van der Waals surface area contributed by atoms with Crippen LogP contribution in [0.15, 0.2) is 24.3 Å². The van der Waals surface area contributed by atoms with Gasteiger partial charge in [0, 0.05) is 0 Å². The molecule has 0 amide bonds. The second kappa shape index (κ2) is 2.73. The Hall–Kier alpha value is -0.520. The minimum absolute atomic E-state index is 0.430. The molecule has 2 aliphatic rings. The summed E-state index contributed by atoms with van der Waals surface area (Å²) in [6.07, 6.45) is 13.5. The van der Waals surface area contributed by atoms with Gasteiger partial charge in [0.05, 0.1) is 0 Å². The molecule has 0 aromatic carbocycles. The van der Waals surface area contributed by atoms with Gasteiger partial charge in [-0.2, -0.15) is 0 Å². The maximum atomic E-state index is 2.45. The van der Waals surface area contributed by atoms with Crippen molar-refractivity contribution >= 4 is 0 Å². The van der Waals surface area contributed by atoms with E-state index in [9.17, 15) is 0 Å². The summed E-state index contributed by atoms with van der Waals surface area (Å²) in [5.41, 5.74) is 0.997. The van der Waals surface area contributed by atoms with Crippen LogP contribution < -0.4 is 0 Å². The molecular formula is C13H20. The second-order valence-electron chi connectivity index (χ2n) is 5.72. The highest BCUT2D eigenvalue weighted by Crippen LogP contribution is 2.54. The van der Waals surface area contributed by atoms with E-state index in [1.54, 1.807) is 0 Å². The molecule has 13 heavy (non-hydrogen) atoms. The van der Waals surface area contributed by atoms with E-state index >= 15 is 0 Å². The van der Waals surface area contributed by atoms with Crippen LogP contribution in [0.3, 0.4) is 0 Å². The van der Waals surface area contributed by atoms with Gasteiger partial charge in [0.1, 0.15) is 0 Å². The number of allylic oxidation sites excluding steroid dienone is 4. The second-order valence-corrected chi connectivity index (χ2v) is 5.72. The van der Waals surface area contributed by atoms with Gasteiger partial charge < -0.3 is 0 Å². The van der Waals surface area contributed by atoms with E-state index in [4.69, 9.17) is 0 Å². The summed E-state index contributed by atoms with van der Waals surface area (Å²) >= 11 is 0. The molecule has 0 heteroatoms. The first kappa shape index (κ1) is 9.05. The first-order valence-corrected chi connectivity index (χ1v) is 5.36. The average Bonchev–Trinajstić information content (AvgIpc) is 2.60. The summed E-state index contributed by atoms with van der Waals surface area (Å²) in [6, 6.07) is 0. The number of rotatable bonds is 0. The number of hydrogen-bond acceptors (Lipinski definition) is 0. The Kier molecular flexibility index (Phi) is 1.90. The lowest BCUT2D eigenvalue weighted by atomic mass is 9.64. The van der Waals surface area contributed by atoms with Gasteiger partial charge in [0.15, 0.2) is 0 Å². The zero-order chi connectivity index (χ0) is 9.53.